The Balaban J connectivity index is 2.73. The molecule has 1 nitrogen and oxygen atoms in total. The SMILES string of the molecule is CC(C)(C)[C@@H]1CC[C@@H](O)[C@@H](C(C)(C)C)C1. The fourth-order valence-electron chi connectivity index (χ4n) is 2.87. The largest absolute Gasteiger partial charge is 0.393 e. The van der Waals surface area contributed by atoms with E-state index in [1.807, 2.05) is 0 Å². The molecule has 1 rings (SSSR count). The normalized spacial score (nSPS) is 34.2. The van der Waals surface area contributed by atoms with E-state index < -0.39 is 0 Å². The highest BCUT2D eigenvalue weighted by molar-refractivity contribution is 4.90. The van der Waals surface area contributed by atoms with Gasteiger partial charge in [-0.3, -0.25) is 0 Å². The molecule has 1 N–H and O–H groups in total. The van der Waals surface area contributed by atoms with Gasteiger partial charge in [-0.1, -0.05) is 41.5 Å². The van der Waals surface area contributed by atoms with E-state index in [2.05, 4.69) is 41.5 Å². The Kier molecular flexibility index (Phi) is 3.55. The lowest BCUT2D eigenvalue weighted by Gasteiger charge is -2.45. The predicted molar refractivity (Wildman–Crippen MR) is 65.7 cm³/mol. The van der Waals surface area contributed by atoms with Gasteiger partial charge in [-0.25, -0.2) is 0 Å². The maximum atomic E-state index is 10.1. The third-order valence-electron chi connectivity index (χ3n) is 4.15. The van der Waals surface area contributed by atoms with Crippen molar-refractivity contribution >= 4 is 0 Å². The number of aliphatic hydroxyl groups excluding tert-OH is 1. The Bertz CT molecular complexity index is 206. The molecule has 0 aliphatic heterocycles. The number of hydrogen-bond acceptors (Lipinski definition) is 1. The van der Waals surface area contributed by atoms with Gasteiger partial charge < -0.3 is 5.11 Å². The summed E-state index contributed by atoms with van der Waals surface area (Å²) in [5, 5.41) is 10.1. The van der Waals surface area contributed by atoms with E-state index in [-0.39, 0.29) is 11.5 Å². The van der Waals surface area contributed by atoms with E-state index >= 15 is 0 Å². The summed E-state index contributed by atoms with van der Waals surface area (Å²) in [6, 6.07) is 0. The monoisotopic (exact) mass is 212 g/mol. The Morgan fingerprint density at radius 1 is 0.867 bits per heavy atom. The fourth-order valence-corrected chi connectivity index (χ4v) is 2.87. The predicted octanol–water partition coefficient (Wildman–Crippen LogP) is 3.86. The Hall–Kier alpha value is -0.0400. The van der Waals surface area contributed by atoms with Gasteiger partial charge in [-0.15, -0.1) is 0 Å². The minimum atomic E-state index is -0.0800. The average molecular weight is 212 g/mol. The van der Waals surface area contributed by atoms with Gasteiger partial charge >= 0.3 is 0 Å². The van der Waals surface area contributed by atoms with Crippen LogP contribution < -0.4 is 0 Å². The van der Waals surface area contributed by atoms with Crippen molar-refractivity contribution in [3.05, 3.63) is 0 Å². The van der Waals surface area contributed by atoms with Gasteiger partial charge in [0.15, 0.2) is 0 Å². The van der Waals surface area contributed by atoms with E-state index in [4.69, 9.17) is 0 Å². The average Bonchev–Trinajstić information content (AvgIpc) is 2.00. The molecular weight excluding hydrogens is 184 g/mol. The maximum absolute atomic E-state index is 10.1. The molecule has 0 heterocycles. The van der Waals surface area contributed by atoms with Gasteiger partial charge in [0.2, 0.25) is 0 Å². The summed E-state index contributed by atoms with van der Waals surface area (Å²) in [5.74, 6) is 1.24. The van der Waals surface area contributed by atoms with Crippen LogP contribution in [0.5, 0.6) is 0 Å². The van der Waals surface area contributed by atoms with Crippen molar-refractivity contribution in [2.24, 2.45) is 22.7 Å². The van der Waals surface area contributed by atoms with Gasteiger partial charge in [-0.2, -0.15) is 0 Å². The van der Waals surface area contributed by atoms with E-state index in [1.54, 1.807) is 0 Å². The molecule has 0 aromatic heterocycles. The molecule has 1 aliphatic carbocycles. The standard InChI is InChI=1S/C14H28O/c1-13(2,3)10-7-8-12(15)11(9-10)14(4,5)6/h10-12,15H,7-9H2,1-6H3/t10-,11+,12-/m1/s1. The molecule has 0 aromatic rings. The minimum Gasteiger partial charge on any atom is -0.393 e. The summed E-state index contributed by atoms with van der Waals surface area (Å²) in [7, 11) is 0. The summed E-state index contributed by atoms with van der Waals surface area (Å²) in [4.78, 5) is 0. The molecule has 15 heavy (non-hydrogen) atoms. The van der Waals surface area contributed by atoms with Gasteiger partial charge in [0.05, 0.1) is 6.10 Å². The minimum absolute atomic E-state index is 0.0800. The molecule has 0 bridgehead atoms. The van der Waals surface area contributed by atoms with Crippen LogP contribution >= 0.6 is 0 Å². The van der Waals surface area contributed by atoms with E-state index in [1.165, 1.54) is 12.8 Å². The van der Waals surface area contributed by atoms with Gasteiger partial charge in [0.25, 0.3) is 0 Å². The van der Waals surface area contributed by atoms with Crippen molar-refractivity contribution < 1.29 is 5.11 Å². The molecule has 90 valence electrons. The van der Waals surface area contributed by atoms with Crippen molar-refractivity contribution in [1.82, 2.24) is 0 Å². The third kappa shape index (κ3) is 3.21. The zero-order valence-corrected chi connectivity index (χ0v) is 11.3. The van der Waals surface area contributed by atoms with Crippen molar-refractivity contribution in [3.63, 3.8) is 0 Å². The molecule has 0 amide bonds. The molecule has 1 fully saturated rings. The topological polar surface area (TPSA) is 20.2 Å². The molecular formula is C14H28O. The van der Waals surface area contributed by atoms with E-state index in [9.17, 15) is 5.11 Å². The highest BCUT2D eigenvalue weighted by Gasteiger charge is 2.40. The molecule has 1 heteroatoms. The Morgan fingerprint density at radius 3 is 1.80 bits per heavy atom. The number of rotatable bonds is 0. The van der Waals surface area contributed by atoms with E-state index in [0.29, 0.717) is 11.3 Å². The molecule has 1 saturated carbocycles. The van der Waals surface area contributed by atoms with Crippen molar-refractivity contribution in [2.45, 2.75) is 66.9 Å². The van der Waals surface area contributed by atoms with E-state index in [0.717, 1.165) is 12.3 Å². The molecule has 1 aliphatic rings. The lowest BCUT2D eigenvalue weighted by Crippen LogP contribution is -2.40. The van der Waals surface area contributed by atoms with Crippen LogP contribution in [0.15, 0.2) is 0 Å². The van der Waals surface area contributed by atoms with Crippen LogP contribution in [0.3, 0.4) is 0 Å². The Morgan fingerprint density at radius 2 is 1.40 bits per heavy atom. The van der Waals surface area contributed by atoms with Gasteiger partial charge in [0.1, 0.15) is 0 Å². The quantitative estimate of drug-likeness (QED) is 0.646. The first kappa shape index (κ1) is 13.0. The first-order valence-electron chi connectivity index (χ1n) is 6.30. The summed E-state index contributed by atoms with van der Waals surface area (Å²) in [5.41, 5.74) is 0.632. The van der Waals surface area contributed by atoms with Crippen LogP contribution in [0.25, 0.3) is 0 Å². The lowest BCUT2D eigenvalue weighted by atomic mass is 9.62. The number of aliphatic hydroxyl groups is 1. The number of hydrogen-bond donors (Lipinski definition) is 1. The van der Waals surface area contributed by atoms with Gasteiger partial charge in [-0.05, 0) is 41.9 Å². The molecule has 0 saturated heterocycles. The lowest BCUT2D eigenvalue weighted by molar-refractivity contribution is -0.0288. The Labute approximate surface area is 95.3 Å². The second kappa shape index (κ2) is 4.08. The van der Waals surface area contributed by atoms with Crippen LogP contribution in [-0.4, -0.2) is 11.2 Å². The molecule has 0 unspecified atom stereocenters. The first-order chi connectivity index (χ1) is 6.62. The first-order valence-corrected chi connectivity index (χ1v) is 6.30. The maximum Gasteiger partial charge on any atom is 0.0573 e. The molecule has 0 spiro atoms. The third-order valence-corrected chi connectivity index (χ3v) is 4.15. The highest BCUT2D eigenvalue weighted by Crippen LogP contribution is 2.46. The van der Waals surface area contributed by atoms with Crippen molar-refractivity contribution in [3.8, 4) is 0 Å². The van der Waals surface area contributed by atoms with Crippen LogP contribution in [0.2, 0.25) is 0 Å². The summed E-state index contributed by atoms with van der Waals surface area (Å²) < 4.78 is 0. The van der Waals surface area contributed by atoms with Crippen molar-refractivity contribution in [1.29, 1.82) is 0 Å². The second-order valence-corrected chi connectivity index (χ2v) is 7.42. The molecule has 0 aromatic carbocycles. The van der Waals surface area contributed by atoms with Crippen LogP contribution in [0, 0.1) is 22.7 Å². The van der Waals surface area contributed by atoms with Crippen LogP contribution in [0.1, 0.15) is 60.8 Å². The van der Waals surface area contributed by atoms with Crippen LogP contribution in [0.4, 0.5) is 0 Å². The summed E-state index contributed by atoms with van der Waals surface area (Å²) >= 11 is 0. The highest BCUT2D eigenvalue weighted by atomic mass is 16.3. The fraction of sp³-hybridized carbons (Fsp3) is 1.00. The second-order valence-electron chi connectivity index (χ2n) is 7.42. The summed E-state index contributed by atoms with van der Waals surface area (Å²) in [6.45, 7) is 13.8. The smallest absolute Gasteiger partial charge is 0.0573 e. The summed E-state index contributed by atoms with van der Waals surface area (Å²) in [6.07, 6.45) is 3.29. The zero-order chi connectivity index (χ0) is 11.9. The molecule has 3 atom stereocenters. The zero-order valence-electron chi connectivity index (χ0n) is 11.3. The van der Waals surface area contributed by atoms with Crippen LogP contribution in [-0.2, 0) is 0 Å². The van der Waals surface area contributed by atoms with Crippen molar-refractivity contribution in [2.75, 3.05) is 0 Å². The molecule has 0 radical (unpaired) electrons. The van der Waals surface area contributed by atoms with Gasteiger partial charge in [0, 0.05) is 0 Å².